The third kappa shape index (κ3) is 4.78. The minimum Gasteiger partial charge on any atom is -0.480 e. The van der Waals surface area contributed by atoms with Gasteiger partial charge in [-0.05, 0) is 56.8 Å². The van der Waals surface area contributed by atoms with E-state index in [1.165, 1.54) is 5.01 Å². The Hall–Kier alpha value is -1.40. The molecule has 1 unspecified atom stereocenters. The number of aliphatic carboxylic acids is 1. The van der Waals surface area contributed by atoms with E-state index >= 15 is 0 Å². The Kier molecular flexibility index (Phi) is 5.81. The number of allylic oxidation sites excluding steroid dienone is 1. The third-order valence-electron chi connectivity index (χ3n) is 4.29. The SMILES string of the molecule is CC(C)C[C@@H](C(=O)O)N1N=C(CCN(C)C)C=C(C2CC2)C1O. The Balaban J connectivity index is 2.24. The molecule has 2 atom stereocenters. The van der Waals surface area contributed by atoms with Gasteiger partial charge in [-0.1, -0.05) is 13.8 Å². The number of carbonyl (C=O) groups is 1. The summed E-state index contributed by atoms with van der Waals surface area (Å²) in [6.07, 6.45) is 4.43. The number of hydrogen-bond acceptors (Lipinski definition) is 5. The molecule has 0 aromatic heterocycles. The number of aliphatic hydroxyl groups excluding tert-OH is 1. The molecule has 1 aliphatic heterocycles. The maximum absolute atomic E-state index is 11.7. The molecule has 6 nitrogen and oxygen atoms in total. The number of nitrogens with zero attached hydrogens (tertiary/aromatic N) is 3. The lowest BCUT2D eigenvalue weighted by molar-refractivity contribution is -0.148. The molecule has 0 bridgehead atoms. The molecule has 23 heavy (non-hydrogen) atoms. The van der Waals surface area contributed by atoms with E-state index < -0.39 is 18.2 Å². The first-order valence-electron chi connectivity index (χ1n) is 8.42. The molecule has 0 spiro atoms. The summed E-state index contributed by atoms with van der Waals surface area (Å²) in [5.41, 5.74) is 1.80. The molecule has 130 valence electrons. The maximum Gasteiger partial charge on any atom is 0.328 e. The average molecular weight is 323 g/mol. The molecule has 1 heterocycles. The first-order valence-corrected chi connectivity index (χ1v) is 8.42. The highest BCUT2D eigenvalue weighted by molar-refractivity contribution is 5.96. The Labute approximate surface area is 138 Å². The predicted molar refractivity (Wildman–Crippen MR) is 90.1 cm³/mol. The summed E-state index contributed by atoms with van der Waals surface area (Å²) in [6, 6.07) is -0.790. The van der Waals surface area contributed by atoms with Crippen LogP contribution in [0.1, 0.15) is 39.5 Å². The second kappa shape index (κ2) is 7.45. The largest absolute Gasteiger partial charge is 0.480 e. The van der Waals surface area contributed by atoms with E-state index in [4.69, 9.17) is 0 Å². The zero-order valence-corrected chi connectivity index (χ0v) is 14.6. The van der Waals surface area contributed by atoms with Crippen LogP contribution < -0.4 is 0 Å². The molecule has 0 aromatic rings. The molecule has 2 aliphatic rings. The molecule has 0 saturated heterocycles. The van der Waals surface area contributed by atoms with Gasteiger partial charge in [0.05, 0.1) is 5.71 Å². The Morgan fingerprint density at radius 1 is 1.43 bits per heavy atom. The smallest absolute Gasteiger partial charge is 0.328 e. The zero-order chi connectivity index (χ0) is 17.1. The van der Waals surface area contributed by atoms with Gasteiger partial charge in [0.2, 0.25) is 0 Å². The highest BCUT2D eigenvalue weighted by Gasteiger charge is 2.39. The number of hydrazone groups is 1. The van der Waals surface area contributed by atoms with Crippen molar-refractivity contribution in [3.05, 3.63) is 11.6 Å². The second-order valence-corrected chi connectivity index (χ2v) is 7.30. The van der Waals surface area contributed by atoms with Gasteiger partial charge in [-0.3, -0.25) is 5.01 Å². The lowest BCUT2D eigenvalue weighted by Gasteiger charge is -2.36. The van der Waals surface area contributed by atoms with Crippen LogP contribution in [0.15, 0.2) is 16.8 Å². The summed E-state index contributed by atoms with van der Waals surface area (Å²) in [4.78, 5) is 13.8. The fourth-order valence-corrected chi connectivity index (χ4v) is 2.87. The quantitative estimate of drug-likeness (QED) is 0.712. The van der Waals surface area contributed by atoms with Crippen LogP contribution in [-0.2, 0) is 4.79 Å². The fourth-order valence-electron chi connectivity index (χ4n) is 2.87. The lowest BCUT2D eigenvalue weighted by Crippen LogP contribution is -2.48. The summed E-state index contributed by atoms with van der Waals surface area (Å²) in [6.45, 7) is 4.82. The summed E-state index contributed by atoms with van der Waals surface area (Å²) >= 11 is 0. The van der Waals surface area contributed by atoms with Crippen molar-refractivity contribution in [2.45, 2.75) is 51.8 Å². The number of aliphatic hydroxyl groups is 1. The molecule has 6 heteroatoms. The van der Waals surface area contributed by atoms with E-state index in [1.54, 1.807) is 0 Å². The molecule has 2 rings (SSSR count). The van der Waals surface area contributed by atoms with E-state index in [0.29, 0.717) is 12.3 Å². The van der Waals surface area contributed by atoms with Crippen LogP contribution in [0.5, 0.6) is 0 Å². The van der Waals surface area contributed by atoms with Crippen molar-refractivity contribution in [3.8, 4) is 0 Å². The standard InChI is InChI=1S/C17H29N3O3/c1-11(2)9-15(17(22)23)20-16(21)14(12-5-6-12)10-13(18-20)7-8-19(3)4/h10-12,15-16,21H,5-9H2,1-4H3,(H,22,23)/t15-,16?/m0/s1. The van der Waals surface area contributed by atoms with Crippen LogP contribution in [0.3, 0.4) is 0 Å². The van der Waals surface area contributed by atoms with Gasteiger partial charge in [0.15, 0.2) is 6.23 Å². The average Bonchev–Trinajstić information content (AvgIpc) is 3.27. The number of carboxylic acids is 1. The summed E-state index contributed by atoms with van der Waals surface area (Å²) in [5, 5.41) is 26.1. The predicted octanol–water partition coefficient (Wildman–Crippen LogP) is 1.76. The second-order valence-electron chi connectivity index (χ2n) is 7.30. The summed E-state index contributed by atoms with van der Waals surface area (Å²) in [5.74, 6) is -0.324. The molecule has 2 N–H and O–H groups in total. The third-order valence-corrected chi connectivity index (χ3v) is 4.29. The fraction of sp³-hybridized carbons (Fsp3) is 0.765. The van der Waals surface area contributed by atoms with Crippen LogP contribution in [-0.4, -0.2) is 64.7 Å². The number of carboxylic acid groups (broad SMARTS) is 1. The first kappa shape index (κ1) is 17.9. The van der Waals surface area contributed by atoms with Crippen LogP contribution in [0.4, 0.5) is 0 Å². The van der Waals surface area contributed by atoms with Gasteiger partial charge in [-0.25, -0.2) is 4.79 Å². The van der Waals surface area contributed by atoms with Crippen molar-refractivity contribution in [2.75, 3.05) is 20.6 Å². The van der Waals surface area contributed by atoms with E-state index in [9.17, 15) is 15.0 Å². The number of hydrogen-bond donors (Lipinski definition) is 2. The van der Waals surface area contributed by atoms with Gasteiger partial charge in [0.25, 0.3) is 0 Å². The number of rotatable bonds is 8. The Morgan fingerprint density at radius 2 is 2.09 bits per heavy atom. The van der Waals surface area contributed by atoms with Crippen molar-refractivity contribution in [2.24, 2.45) is 16.9 Å². The van der Waals surface area contributed by atoms with Crippen molar-refractivity contribution in [3.63, 3.8) is 0 Å². The van der Waals surface area contributed by atoms with Gasteiger partial charge in [0.1, 0.15) is 6.04 Å². The molecule has 0 radical (unpaired) electrons. The van der Waals surface area contributed by atoms with Crippen molar-refractivity contribution < 1.29 is 15.0 Å². The Bertz CT molecular complexity index is 495. The van der Waals surface area contributed by atoms with Crippen LogP contribution >= 0.6 is 0 Å². The molecule has 1 aliphatic carbocycles. The highest BCUT2D eigenvalue weighted by Crippen LogP contribution is 2.40. The van der Waals surface area contributed by atoms with Crippen LogP contribution in [0.25, 0.3) is 0 Å². The topological polar surface area (TPSA) is 76.4 Å². The minimum absolute atomic E-state index is 0.221. The highest BCUT2D eigenvalue weighted by atomic mass is 16.4. The minimum atomic E-state index is -0.925. The normalized spacial score (nSPS) is 23.1. The van der Waals surface area contributed by atoms with Crippen LogP contribution in [0, 0.1) is 11.8 Å². The maximum atomic E-state index is 11.7. The molecule has 1 saturated carbocycles. The van der Waals surface area contributed by atoms with Gasteiger partial charge in [0, 0.05) is 13.0 Å². The monoisotopic (exact) mass is 323 g/mol. The van der Waals surface area contributed by atoms with E-state index in [0.717, 1.165) is 37.1 Å². The van der Waals surface area contributed by atoms with Gasteiger partial charge in [-0.2, -0.15) is 5.10 Å². The lowest BCUT2D eigenvalue weighted by atomic mass is 9.99. The van der Waals surface area contributed by atoms with Crippen molar-refractivity contribution in [1.82, 2.24) is 9.91 Å². The zero-order valence-electron chi connectivity index (χ0n) is 14.6. The molecule has 1 fully saturated rings. The van der Waals surface area contributed by atoms with Gasteiger partial charge < -0.3 is 15.1 Å². The molecule has 0 aromatic carbocycles. The Morgan fingerprint density at radius 3 is 2.57 bits per heavy atom. The summed E-state index contributed by atoms with van der Waals surface area (Å²) in [7, 11) is 4.00. The molecular weight excluding hydrogens is 294 g/mol. The molecular formula is C17H29N3O3. The van der Waals surface area contributed by atoms with E-state index in [1.807, 2.05) is 34.0 Å². The van der Waals surface area contributed by atoms with E-state index in [-0.39, 0.29) is 5.92 Å². The van der Waals surface area contributed by atoms with Gasteiger partial charge in [-0.15, -0.1) is 0 Å². The van der Waals surface area contributed by atoms with Crippen molar-refractivity contribution >= 4 is 11.7 Å². The summed E-state index contributed by atoms with van der Waals surface area (Å²) < 4.78 is 0. The van der Waals surface area contributed by atoms with Crippen molar-refractivity contribution in [1.29, 1.82) is 0 Å². The first-order chi connectivity index (χ1) is 10.8. The van der Waals surface area contributed by atoms with Gasteiger partial charge >= 0.3 is 5.97 Å². The van der Waals surface area contributed by atoms with Crippen LogP contribution in [0.2, 0.25) is 0 Å². The molecule has 0 amide bonds. The van der Waals surface area contributed by atoms with E-state index in [2.05, 4.69) is 10.0 Å².